The highest BCUT2D eigenvalue weighted by molar-refractivity contribution is 6.04. The molecule has 2 atom stereocenters. The molecule has 3 aromatic rings. The molecule has 33 heavy (non-hydrogen) atoms. The number of anilines is 1. The number of ether oxygens (including phenoxy) is 2. The van der Waals surface area contributed by atoms with Crippen molar-refractivity contribution >= 4 is 17.6 Å². The van der Waals surface area contributed by atoms with E-state index >= 15 is 0 Å². The third-order valence-electron chi connectivity index (χ3n) is 6.12. The molecule has 1 aliphatic rings. The van der Waals surface area contributed by atoms with Gasteiger partial charge in [-0.2, -0.15) is 5.10 Å². The van der Waals surface area contributed by atoms with E-state index in [0.29, 0.717) is 22.9 Å². The predicted molar refractivity (Wildman–Crippen MR) is 125 cm³/mol. The summed E-state index contributed by atoms with van der Waals surface area (Å²) in [5, 5.41) is 10.4. The molecule has 2 aromatic carbocycles. The molecule has 0 radical (unpaired) electrons. The molecule has 0 saturated heterocycles. The summed E-state index contributed by atoms with van der Waals surface area (Å²) in [4.78, 5) is 26.4. The molecule has 2 N–H and O–H groups in total. The third-order valence-corrected chi connectivity index (χ3v) is 6.12. The van der Waals surface area contributed by atoms with E-state index in [0.717, 1.165) is 23.2 Å². The van der Waals surface area contributed by atoms with Crippen molar-refractivity contribution in [3.05, 3.63) is 70.4 Å². The van der Waals surface area contributed by atoms with E-state index in [4.69, 9.17) is 9.47 Å². The second kappa shape index (κ2) is 8.97. The lowest BCUT2D eigenvalue weighted by Gasteiger charge is -2.32. The van der Waals surface area contributed by atoms with Gasteiger partial charge in [0.05, 0.1) is 19.9 Å². The van der Waals surface area contributed by atoms with Crippen molar-refractivity contribution < 1.29 is 19.1 Å². The maximum absolute atomic E-state index is 13.2. The van der Waals surface area contributed by atoms with Gasteiger partial charge < -0.3 is 20.1 Å². The number of hydrogen-bond donors (Lipinski definition) is 2. The largest absolute Gasteiger partial charge is 0.493 e. The minimum absolute atomic E-state index is 0.288. The molecule has 0 bridgehead atoms. The van der Waals surface area contributed by atoms with Crippen LogP contribution >= 0.6 is 0 Å². The average molecular weight is 449 g/mol. The minimum Gasteiger partial charge on any atom is -0.493 e. The SMILES string of the molecule is CCc1ccc([C@@H]2c3c(C)nn(C)c3NC(=O)[C@H]2NC(=O)c2ccc(OC)c(OC)c2)cc1. The van der Waals surface area contributed by atoms with Crippen LogP contribution in [-0.4, -0.2) is 41.9 Å². The molecule has 1 aliphatic heterocycles. The Kier molecular flexibility index (Phi) is 6.09. The van der Waals surface area contributed by atoms with Crippen molar-refractivity contribution in [2.45, 2.75) is 32.2 Å². The first-order chi connectivity index (χ1) is 15.9. The standard InChI is InChI=1S/C25H28N4O4/c1-6-15-7-9-16(10-8-15)21-20-14(2)28-29(3)23(20)27-25(31)22(21)26-24(30)17-11-12-18(32-4)19(13-17)33-5/h7-13,21-22H,6H2,1-5H3,(H,26,30)(H,27,31)/t21-,22+/m1/s1. The van der Waals surface area contributed by atoms with Gasteiger partial charge in [0.25, 0.3) is 5.91 Å². The van der Waals surface area contributed by atoms with E-state index in [9.17, 15) is 9.59 Å². The number of hydrogen-bond acceptors (Lipinski definition) is 5. The number of carbonyl (C=O) groups is 2. The topological polar surface area (TPSA) is 94.5 Å². The smallest absolute Gasteiger partial charge is 0.252 e. The summed E-state index contributed by atoms with van der Waals surface area (Å²) in [5.74, 6) is 0.570. The van der Waals surface area contributed by atoms with Gasteiger partial charge in [0, 0.05) is 24.1 Å². The van der Waals surface area contributed by atoms with Crippen molar-refractivity contribution in [3.8, 4) is 11.5 Å². The number of amides is 2. The Labute approximate surface area is 192 Å². The van der Waals surface area contributed by atoms with Crippen LogP contribution in [0.5, 0.6) is 11.5 Å². The number of benzene rings is 2. The summed E-state index contributed by atoms with van der Waals surface area (Å²) in [6.07, 6.45) is 0.919. The molecular formula is C25H28N4O4. The Hall–Kier alpha value is -3.81. The van der Waals surface area contributed by atoms with E-state index in [1.54, 1.807) is 29.9 Å². The number of carbonyl (C=O) groups excluding carboxylic acids is 2. The van der Waals surface area contributed by atoms with Crippen LogP contribution in [0.15, 0.2) is 42.5 Å². The number of fused-ring (bicyclic) bond motifs is 1. The van der Waals surface area contributed by atoms with Gasteiger partial charge in [-0.1, -0.05) is 31.2 Å². The molecule has 4 rings (SSSR count). The molecule has 172 valence electrons. The van der Waals surface area contributed by atoms with Crippen LogP contribution in [0.3, 0.4) is 0 Å². The quantitative estimate of drug-likeness (QED) is 0.604. The molecule has 2 heterocycles. The van der Waals surface area contributed by atoms with Crippen LogP contribution in [0.2, 0.25) is 0 Å². The molecule has 1 aromatic heterocycles. The zero-order valence-electron chi connectivity index (χ0n) is 19.4. The minimum atomic E-state index is -0.812. The summed E-state index contributed by atoms with van der Waals surface area (Å²) in [7, 11) is 4.84. The fourth-order valence-corrected chi connectivity index (χ4v) is 4.38. The molecule has 0 fully saturated rings. The summed E-state index contributed by atoms with van der Waals surface area (Å²) in [6, 6.07) is 12.2. The average Bonchev–Trinajstić information content (AvgIpc) is 3.11. The zero-order chi connectivity index (χ0) is 23.7. The summed E-state index contributed by atoms with van der Waals surface area (Å²) in [5.41, 5.74) is 4.22. The van der Waals surface area contributed by atoms with Gasteiger partial charge in [0.2, 0.25) is 5.91 Å². The van der Waals surface area contributed by atoms with Gasteiger partial charge in [-0.15, -0.1) is 0 Å². The summed E-state index contributed by atoms with van der Waals surface area (Å²) in [6.45, 7) is 4.01. The lowest BCUT2D eigenvalue weighted by Crippen LogP contribution is -2.50. The van der Waals surface area contributed by atoms with E-state index in [2.05, 4.69) is 34.8 Å². The van der Waals surface area contributed by atoms with Crippen molar-refractivity contribution in [3.63, 3.8) is 0 Å². The monoisotopic (exact) mass is 448 g/mol. The van der Waals surface area contributed by atoms with Crippen molar-refractivity contribution in [1.82, 2.24) is 15.1 Å². The van der Waals surface area contributed by atoms with E-state index in [1.807, 2.05) is 19.1 Å². The normalized spacial score (nSPS) is 17.2. The van der Waals surface area contributed by atoms with Gasteiger partial charge in [0.1, 0.15) is 11.9 Å². The number of nitrogens with zero attached hydrogens (tertiary/aromatic N) is 2. The Morgan fingerprint density at radius 2 is 1.82 bits per heavy atom. The van der Waals surface area contributed by atoms with E-state index in [-0.39, 0.29) is 17.7 Å². The number of nitrogens with one attached hydrogen (secondary N) is 2. The Morgan fingerprint density at radius 3 is 2.45 bits per heavy atom. The van der Waals surface area contributed by atoms with Crippen LogP contribution in [0, 0.1) is 6.92 Å². The summed E-state index contributed by atoms with van der Waals surface area (Å²) < 4.78 is 12.2. The van der Waals surface area contributed by atoms with Crippen LogP contribution in [0.4, 0.5) is 5.82 Å². The molecular weight excluding hydrogens is 420 g/mol. The number of aryl methyl sites for hydroxylation is 3. The molecule has 8 nitrogen and oxygen atoms in total. The third kappa shape index (κ3) is 4.04. The molecule has 8 heteroatoms. The highest BCUT2D eigenvalue weighted by Crippen LogP contribution is 2.39. The Morgan fingerprint density at radius 1 is 1.12 bits per heavy atom. The first-order valence-electron chi connectivity index (χ1n) is 10.8. The highest BCUT2D eigenvalue weighted by Gasteiger charge is 2.41. The van der Waals surface area contributed by atoms with Crippen LogP contribution < -0.4 is 20.1 Å². The first kappa shape index (κ1) is 22.4. The lowest BCUT2D eigenvalue weighted by molar-refractivity contribution is -0.118. The molecule has 0 aliphatic carbocycles. The molecule has 0 saturated carbocycles. The summed E-state index contributed by atoms with van der Waals surface area (Å²) >= 11 is 0. The number of methoxy groups -OCH3 is 2. The van der Waals surface area contributed by atoms with Crippen molar-refractivity contribution in [2.24, 2.45) is 7.05 Å². The zero-order valence-corrected chi connectivity index (χ0v) is 19.4. The van der Waals surface area contributed by atoms with Crippen molar-refractivity contribution in [2.75, 3.05) is 19.5 Å². The second-order valence-electron chi connectivity index (χ2n) is 8.05. The van der Waals surface area contributed by atoms with E-state index in [1.165, 1.54) is 19.8 Å². The number of rotatable bonds is 6. The van der Waals surface area contributed by atoms with Crippen LogP contribution in [0.25, 0.3) is 0 Å². The Balaban J connectivity index is 1.74. The molecule has 2 amide bonds. The Bertz CT molecular complexity index is 1200. The highest BCUT2D eigenvalue weighted by atomic mass is 16.5. The molecule has 0 spiro atoms. The lowest BCUT2D eigenvalue weighted by atomic mass is 9.81. The number of aromatic nitrogens is 2. The van der Waals surface area contributed by atoms with Gasteiger partial charge in [-0.25, -0.2) is 0 Å². The predicted octanol–water partition coefficient (Wildman–Crippen LogP) is 3.19. The van der Waals surface area contributed by atoms with Gasteiger partial charge >= 0.3 is 0 Å². The van der Waals surface area contributed by atoms with Crippen LogP contribution in [-0.2, 0) is 18.3 Å². The van der Waals surface area contributed by atoms with Crippen LogP contribution in [0.1, 0.15) is 45.6 Å². The second-order valence-corrected chi connectivity index (χ2v) is 8.05. The first-order valence-corrected chi connectivity index (χ1v) is 10.8. The van der Waals surface area contributed by atoms with Gasteiger partial charge in [0.15, 0.2) is 11.5 Å². The van der Waals surface area contributed by atoms with Gasteiger partial charge in [-0.05, 0) is 42.7 Å². The maximum Gasteiger partial charge on any atom is 0.252 e. The fourth-order valence-electron chi connectivity index (χ4n) is 4.38. The fraction of sp³-hybridized carbons (Fsp3) is 0.320. The van der Waals surface area contributed by atoms with E-state index < -0.39 is 6.04 Å². The maximum atomic E-state index is 13.2. The molecule has 0 unspecified atom stereocenters. The van der Waals surface area contributed by atoms with Gasteiger partial charge in [-0.3, -0.25) is 14.3 Å². The van der Waals surface area contributed by atoms with Crippen molar-refractivity contribution in [1.29, 1.82) is 0 Å².